The topological polar surface area (TPSA) is 12.9 Å². The molecule has 0 atom stereocenters. The molecule has 1 aromatic carbocycles. The largest absolute Gasteiger partial charge is 0.256 e. The lowest BCUT2D eigenvalue weighted by Crippen LogP contribution is -1.87. The molecule has 1 heterocycles. The van der Waals surface area contributed by atoms with Gasteiger partial charge in [-0.1, -0.05) is 12.1 Å². The van der Waals surface area contributed by atoms with Crippen LogP contribution in [0.25, 0.3) is 11.3 Å². The maximum atomic E-state index is 13.0. The van der Waals surface area contributed by atoms with Crippen molar-refractivity contribution < 1.29 is 4.39 Å². The molecule has 0 aliphatic carbocycles. The number of pyridine rings is 1. The SMILES string of the molecule is Cc1ccc(-c2cc(F)ccn2)cc1C. The van der Waals surface area contributed by atoms with Crippen molar-refractivity contribution in [2.75, 3.05) is 0 Å². The first-order chi connectivity index (χ1) is 7.16. The zero-order chi connectivity index (χ0) is 10.8. The first-order valence-electron chi connectivity index (χ1n) is 4.86. The zero-order valence-corrected chi connectivity index (χ0v) is 8.79. The van der Waals surface area contributed by atoms with Crippen molar-refractivity contribution in [3.63, 3.8) is 0 Å². The summed E-state index contributed by atoms with van der Waals surface area (Å²) in [5.41, 5.74) is 4.06. The molecule has 15 heavy (non-hydrogen) atoms. The lowest BCUT2D eigenvalue weighted by atomic mass is 10.0. The molecule has 0 spiro atoms. The Morgan fingerprint density at radius 1 is 1.00 bits per heavy atom. The van der Waals surface area contributed by atoms with Crippen LogP contribution in [-0.4, -0.2) is 4.98 Å². The highest BCUT2D eigenvalue weighted by atomic mass is 19.1. The average Bonchev–Trinajstić information content (AvgIpc) is 2.22. The van der Waals surface area contributed by atoms with E-state index in [0.717, 1.165) is 5.56 Å². The second kappa shape index (κ2) is 3.81. The molecule has 0 saturated carbocycles. The number of nitrogens with zero attached hydrogens (tertiary/aromatic N) is 1. The number of rotatable bonds is 1. The first-order valence-corrected chi connectivity index (χ1v) is 4.86. The van der Waals surface area contributed by atoms with Crippen molar-refractivity contribution >= 4 is 0 Å². The molecule has 1 nitrogen and oxygen atoms in total. The summed E-state index contributed by atoms with van der Waals surface area (Å²) in [6, 6.07) is 8.81. The van der Waals surface area contributed by atoms with Gasteiger partial charge in [0.15, 0.2) is 0 Å². The summed E-state index contributed by atoms with van der Waals surface area (Å²) in [4.78, 5) is 4.14. The van der Waals surface area contributed by atoms with Gasteiger partial charge in [-0.05, 0) is 37.1 Å². The van der Waals surface area contributed by atoms with Gasteiger partial charge in [0.05, 0.1) is 5.69 Å². The van der Waals surface area contributed by atoms with E-state index >= 15 is 0 Å². The summed E-state index contributed by atoms with van der Waals surface area (Å²) in [5.74, 6) is -0.252. The number of hydrogen-bond acceptors (Lipinski definition) is 1. The van der Waals surface area contributed by atoms with E-state index in [1.165, 1.54) is 29.5 Å². The first kappa shape index (κ1) is 9.84. The molecular weight excluding hydrogens is 189 g/mol. The normalized spacial score (nSPS) is 10.3. The molecule has 0 N–H and O–H groups in total. The lowest BCUT2D eigenvalue weighted by molar-refractivity contribution is 0.626. The van der Waals surface area contributed by atoms with Crippen molar-refractivity contribution in [3.8, 4) is 11.3 Å². The molecule has 76 valence electrons. The molecule has 0 radical (unpaired) electrons. The predicted molar refractivity (Wildman–Crippen MR) is 59.1 cm³/mol. The molecule has 0 bridgehead atoms. The average molecular weight is 201 g/mol. The fraction of sp³-hybridized carbons (Fsp3) is 0.154. The highest BCUT2D eigenvalue weighted by Crippen LogP contribution is 2.20. The Labute approximate surface area is 88.6 Å². The second-order valence-corrected chi connectivity index (χ2v) is 3.66. The van der Waals surface area contributed by atoms with E-state index in [0.29, 0.717) is 5.69 Å². The third kappa shape index (κ3) is 2.04. The summed E-state index contributed by atoms with van der Waals surface area (Å²) in [7, 11) is 0. The molecule has 0 aliphatic heterocycles. The third-order valence-electron chi connectivity index (χ3n) is 2.52. The van der Waals surface area contributed by atoms with Crippen molar-refractivity contribution in [3.05, 3.63) is 53.5 Å². The molecule has 1 aromatic heterocycles. The smallest absolute Gasteiger partial charge is 0.126 e. The number of aromatic nitrogens is 1. The summed E-state index contributed by atoms with van der Waals surface area (Å²) < 4.78 is 13.0. The molecule has 0 saturated heterocycles. The van der Waals surface area contributed by atoms with Gasteiger partial charge in [-0.2, -0.15) is 0 Å². The molecule has 2 rings (SSSR count). The van der Waals surface area contributed by atoms with Gasteiger partial charge < -0.3 is 0 Å². The van der Waals surface area contributed by atoms with Crippen molar-refractivity contribution in [2.45, 2.75) is 13.8 Å². The summed E-state index contributed by atoms with van der Waals surface area (Å²) in [6.45, 7) is 4.09. The maximum absolute atomic E-state index is 13.0. The van der Waals surface area contributed by atoms with Crippen LogP contribution in [0.1, 0.15) is 11.1 Å². The molecule has 0 amide bonds. The second-order valence-electron chi connectivity index (χ2n) is 3.66. The van der Waals surface area contributed by atoms with Crippen LogP contribution in [0.15, 0.2) is 36.5 Å². The van der Waals surface area contributed by atoms with Gasteiger partial charge in [-0.15, -0.1) is 0 Å². The zero-order valence-electron chi connectivity index (χ0n) is 8.79. The number of halogens is 1. The van der Waals surface area contributed by atoms with Crippen LogP contribution < -0.4 is 0 Å². The minimum atomic E-state index is -0.252. The predicted octanol–water partition coefficient (Wildman–Crippen LogP) is 3.50. The van der Waals surface area contributed by atoms with Gasteiger partial charge in [0.2, 0.25) is 0 Å². The van der Waals surface area contributed by atoms with Crippen molar-refractivity contribution in [1.29, 1.82) is 0 Å². The molecule has 2 heteroatoms. The van der Waals surface area contributed by atoms with E-state index in [9.17, 15) is 4.39 Å². The van der Waals surface area contributed by atoms with E-state index in [1.807, 2.05) is 25.1 Å². The van der Waals surface area contributed by atoms with Gasteiger partial charge in [-0.25, -0.2) is 4.39 Å². The summed E-state index contributed by atoms with van der Waals surface area (Å²) in [5, 5.41) is 0. The standard InChI is InChI=1S/C13H12FN/c1-9-3-4-11(7-10(9)2)13-8-12(14)5-6-15-13/h3-8H,1-2H3. The van der Waals surface area contributed by atoms with Crippen LogP contribution in [0.4, 0.5) is 4.39 Å². The van der Waals surface area contributed by atoms with Gasteiger partial charge >= 0.3 is 0 Å². The Hall–Kier alpha value is -1.70. The van der Waals surface area contributed by atoms with E-state index < -0.39 is 0 Å². The van der Waals surface area contributed by atoms with Gasteiger partial charge in [0, 0.05) is 17.8 Å². The van der Waals surface area contributed by atoms with Crippen LogP contribution in [0.3, 0.4) is 0 Å². The van der Waals surface area contributed by atoms with Crippen molar-refractivity contribution in [1.82, 2.24) is 4.98 Å². The van der Waals surface area contributed by atoms with Crippen LogP contribution >= 0.6 is 0 Å². The summed E-state index contributed by atoms with van der Waals surface area (Å²) >= 11 is 0. The van der Waals surface area contributed by atoms with E-state index in [-0.39, 0.29) is 5.82 Å². The highest BCUT2D eigenvalue weighted by Gasteiger charge is 2.01. The minimum absolute atomic E-state index is 0.252. The fourth-order valence-corrected chi connectivity index (χ4v) is 1.46. The van der Waals surface area contributed by atoms with Gasteiger partial charge in [0.25, 0.3) is 0 Å². The molecule has 2 aromatic rings. The minimum Gasteiger partial charge on any atom is -0.256 e. The fourth-order valence-electron chi connectivity index (χ4n) is 1.46. The molecule has 0 fully saturated rings. The molecule has 0 unspecified atom stereocenters. The van der Waals surface area contributed by atoms with Crippen LogP contribution in [-0.2, 0) is 0 Å². The molecule has 0 aliphatic rings. The Balaban J connectivity index is 2.50. The van der Waals surface area contributed by atoms with Gasteiger partial charge in [0.1, 0.15) is 5.82 Å². The monoisotopic (exact) mass is 201 g/mol. The highest BCUT2D eigenvalue weighted by molar-refractivity contribution is 5.60. The lowest BCUT2D eigenvalue weighted by Gasteiger charge is -2.04. The van der Waals surface area contributed by atoms with Crippen molar-refractivity contribution in [2.24, 2.45) is 0 Å². The molecular formula is C13H12FN. The van der Waals surface area contributed by atoms with Crippen LogP contribution in [0.5, 0.6) is 0 Å². The Morgan fingerprint density at radius 2 is 1.80 bits per heavy atom. The van der Waals surface area contributed by atoms with Gasteiger partial charge in [-0.3, -0.25) is 4.98 Å². The quantitative estimate of drug-likeness (QED) is 0.688. The van der Waals surface area contributed by atoms with Crippen LogP contribution in [0, 0.1) is 19.7 Å². The maximum Gasteiger partial charge on any atom is 0.126 e. The van der Waals surface area contributed by atoms with E-state index in [1.54, 1.807) is 0 Å². The van der Waals surface area contributed by atoms with E-state index in [4.69, 9.17) is 0 Å². The third-order valence-corrected chi connectivity index (χ3v) is 2.52. The Kier molecular flexibility index (Phi) is 2.50. The van der Waals surface area contributed by atoms with E-state index in [2.05, 4.69) is 11.9 Å². The number of benzene rings is 1. The number of hydrogen-bond donors (Lipinski definition) is 0. The Bertz CT molecular complexity index is 492. The number of aryl methyl sites for hydroxylation is 2. The van der Waals surface area contributed by atoms with Crippen LogP contribution in [0.2, 0.25) is 0 Å². The summed E-state index contributed by atoms with van der Waals surface area (Å²) in [6.07, 6.45) is 1.49. The Morgan fingerprint density at radius 3 is 2.47 bits per heavy atom.